The summed E-state index contributed by atoms with van der Waals surface area (Å²) in [6.45, 7) is 4.69. The van der Waals surface area contributed by atoms with Crippen molar-refractivity contribution in [1.82, 2.24) is 0 Å². The van der Waals surface area contributed by atoms with Gasteiger partial charge in [-0.15, -0.1) is 0 Å². The summed E-state index contributed by atoms with van der Waals surface area (Å²) in [5.41, 5.74) is 6.60. The fourth-order valence-electron chi connectivity index (χ4n) is 4.35. The van der Waals surface area contributed by atoms with E-state index in [2.05, 4.69) is 13.8 Å². The minimum atomic E-state index is 0.514. The van der Waals surface area contributed by atoms with E-state index in [0.717, 1.165) is 23.7 Å². The van der Waals surface area contributed by atoms with E-state index in [1.807, 2.05) is 0 Å². The van der Waals surface area contributed by atoms with Crippen molar-refractivity contribution < 1.29 is 0 Å². The fourth-order valence-corrected chi connectivity index (χ4v) is 4.35. The molecule has 0 aromatic carbocycles. The van der Waals surface area contributed by atoms with Crippen LogP contribution >= 0.6 is 0 Å². The molecular weight excluding hydrogens is 218 g/mol. The van der Waals surface area contributed by atoms with Crippen LogP contribution in [0.3, 0.4) is 0 Å². The number of rotatable bonds is 4. The highest BCUT2D eigenvalue weighted by molar-refractivity contribution is 4.86. The van der Waals surface area contributed by atoms with Crippen LogP contribution in [0.4, 0.5) is 0 Å². The van der Waals surface area contributed by atoms with Crippen LogP contribution < -0.4 is 5.73 Å². The van der Waals surface area contributed by atoms with Crippen molar-refractivity contribution in [2.24, 2.45) is 29.4 Å². The normalized spacial score (nSPS) is 39.5. The summed E-state index contributed by atoms with van der Waals surface area (Å²) in [7, 11) is 0. The predicted molar refractivity (Wildman–Crippen MR) is 79.5 cm³/mol. The van der Waals surface area contributed by atoms with Crippen LogP contribution in [-0.4, -0.2) is 6.04 Å². The predicted octanol–water partition coefficient (Wildman–Crippen LogP) is 4.75. The largest absolute Gasteiger partial charge is 0.327 e. The molecule has 0 saturated heterocycles. The standard InChI is InChI=1S/C17H33N/c1-3-13-5-9-15(10-6-13)17(18)16-11-7-14(4-2)8-12-16/h13-17H,3-12,18H2,1-2H3. The summed E-state index contributed by atoms with van der Waals surface area (Å²) >= 11 is 0. The third-order valence-electron chi connectivity index (χ3n) is 6.03. The van der Waals surface area contributed by atoms with Gasteiger partial charge in [-0.05, 0) is 49.4 Å². The molecule has 1 heteroatoms. The Morgan fingerprint density at radius 3 is 1.33 bits per heavy atom. The zero-order valence-electron chi connectivity index (χ0n) is 12.5. The van der Waals surface area contributed by atoms with Gasteiger partial charge in [0.25, 0.3) is 0 Å². The second-order valence-corrected chi connectivity index (χ2v) is 6.96. The molecule has 2 saturated carbocycles. The molecule has 0 unspecified atom stereocenters. The summed E-state index contributed by atoms with van der Waals surface area (Å²) in [5, 5.41) is 0. The Bertz CT molecular complexity index is 198. The highest BCUT2D eigenvalue weighted by atomic mass is 14.7. The Kier molecular flexibility index (Phi) is 5.54. The summed E-state index contributed by atoms with van der Waals surface area (Å²) in [5.74, 6) is 3.69. The van der Waals surface area contributed by atoms with Gasteiger partial charge < -0.3 is 5.73 Å². The molecule has 2 fully saturated rings. The molecule has 0 aromatic rings. The Labute approximate surface area is 114 Å². The van der Waals surface area contributed by atoms with Crippen LogP contribution in [0.5, 0.6) is 0 Å². The lowest BCUT2D eigenvalue weighted by atomic mass is 9.70. The van der Waals surface area contributed by atoms with Gasteiger partial charge in [-0.3, -0.25) is 0 Å². The first kappa shape index (κ1) is 14.4. The number of hydrogen-bond acceptors (Lipinski definition) is 1. The second kappa shape index (κ2) is 6.93. The Morgan fingerprint density at radius 1 is 0.722 bits per heavy atom. The van der Waals surface area contributed by atoms with Crippen LogP contribution in [0.1, 0.15) is 78.1 Å². The molecule has 2 N–H and O–H groups in total. The van der Waals surface area contributed by atoms with Crippen molar-refractivity contribution in [3.05, 3.63) is 0 Å². The molecule has 106 valence electrons. The second-order valence-electron chi connectivity index (χ2n) is 6.96. The summed E-state index contributed by atoms with van der Waals surface area (Å²) in [6.07, 6.45) is 14.2. The molecule has 0 aliphatic heterocycles. The molecular formula is C17H33N. The van der Waals surface area contributed by atoms with Gasteiger partial charge in [-0.2, -0.15) is 0 Å². The number of nitrogens with two attached hydrogens (primary N) is 1. The minimum absolute atomic E-state index is 0.514. The van der Waals surface area contributed by atoms with Gasteiger partial charge in [-0.1, -0.05) is 52.4 Å². The third-order valence-corrected chi connectivity index (χ3v) is 6.03. The molecule has 0 radical (unpaired) electrons. The Morgan fingerprint density at radius 2 is 1.06 bits per heavy atom. The highest BCUT2D eigenvalue weighted by Crippen LogP contribution is 2.38. The summed E-state index contributed by atoms with van der Waals surface area (Å²) in [4.78, 5) is 0. The van der Waals surface area contributed by atoms with Gasteiger partial charge in [0.1, 0.15) is 0 Å². The molecule has 0 aromatic heterocycles. The van der Waals surface area contributed by atoms with E-state index in [9.17, 15) is 0 Å². The van der Waals surface area contributed by atoms with Gasteiger partial charge in [0.15, 0.2) is 0 Å². The van der Waals surface area contributed by atoms with Crippen LogP contribution in [0.25, 0.3) is 0 Å². The molecule has 2 rings (SSSR count). The topological polar surface area (TPSA) is 26.0 Å². The van der Waals surface area contributed by atoms with E-state index in [-0.39, 0.29) is 0 Å². The molecule has 0 amide bonds. The van der Waals surface area contributed by atoms with Crippen LogP contribution in [0.15, 0.2) is 0 Å². The highest BCUT2D eigenvalue weighted by Gasteiger charge is 2.31. The van der Waals surface area contributed by atoms with Gasteiger partial charge >= 0.3 is 0 Å². The summed E-state index contributed by atoms with van der Waals surface area (Å²) < 4.78 is 0. The maximum Gasteiger partial charge on any atom is 0.00956 e. The quantitative estimate of drug-likeness (QED) is 0.767. The third kappa shape index (κ3) is 3.50. The van der Waals surface area contributed by atoms with Crippen LogP contribution in [0.2, 0.25) is 0 Å². The maximum absolute atomic E-state index is 6.60. The SMILES string of the molecule is CCC1CCC(C(N)C2CCC(CC)CC2)CC1. The zero-order valence-corrected chi connectivity index (χ0v) is 12.5. The molecule has 18 heavy (non-hydrogen) atoms. The lowest BCUT2D eigenvalue weighted by Gasteiger charge is -2.38. The van der Waals surface area contributed by atoms with Gasteiger partial charge in [0.2, 0.25) is 0 Å². The summed E-state index contributed by atoms with van der Waals surface area (Å²) in [6, 6.07) is 0.514. The minimum Gasteiger partial charge on any atom is -0.327 e. The Balaban J connectivity index is 1.76. The number of hydrogen-bond donors (Lipinski definition) is 1. The van der Waals surface area contributed by atoms with Gasteiger partial charge in [0.05, 0.1) is 0 Å². The van der Waals surface area contributed by atoms with Crippen LogP contribution in [0, 0.1) is 23.7 Å². The first-order chi connectivity index (χ1) is 8.74. The lowest BCUT2D eigenvalue weighted by molar-refractivity contribution is 0.160. The van der Waals surface area contributed by atoms with Crippen molar-refractivity contribution in [3.63, 3.8) is 0 Å². The van der Waals surface area contributed by atoms with Crippen LogP contribution in [-0.2, 0) is 0 Å². The zero-order chi connectivity index (χ0) is 13.0. The van der Waals surface area contributed by atoms with Crippen molar-refractivity contribution >= 4 is 0 Å². The van der Waals surface area contributed by atoms with Gasteiger partial charge in [0, 0.05) is 6.04 Å². The van der Waals surface area contributed by atoms with E-state index in [4.69, 9.17) is 5.73 Å². The van der Waals surface area contributed by atoms with Crippen molar-refractivity contribution in [2.45, 2.75) is 84.1 Å². The monoisotopic (exact) mass is 251 g/mol. The first-order valence-corrected chi connectivity index (χ1v) is 8.50. The fraction of sp³-hybridized carbons (Fsp3) is 1.00. The molecule has 0 bridgehead atoms. The Hall–Kier alpha value is -0.0400. The van der Waals surface area contributed by atoms with E-state index in [1.165, 1.54) is 64.2 Å². The molecule has 2 aliphatic carbocycles. The maximum atomic E-state index is 6.60. The van der Waals surface area contributed by atoms with E-state index in [0.29, 0.717) is 6.04 Å². The average Bonchev–Trinajstić information content (AvgIpc) is 2.47. The molecule has 0 spiro atoms. The molecule has 2 aliphatic rings. The average molecular weight is 251 g/mol. The van der Waals surface area contributed by atoms with Crippen molar-refractivity contribution in [1.29, 1.82) is 0 Å². The molecule has 0 heterocycles. The van der Waals surface area contributed by atoms with E-state index < -0.39 is 0 Å². The van der Waals surface area contributed by atoms with Gasteiger partial charge in [-0.25, -0.2) is 0 Å². The first-order valence-electron chi connectivity index (χ1n) is 8.50. The van der Waals surface area contributed by atoms with E-state index >= 15 is 0 Å². The molecule has 1 nitrogen and oxygen atoms in total. The van der Waals surface area contributed by atoms with Crippen molar-refractivity contribution in [2.75, 3.05) is 0 Å². The van der Waals surface area contributed by atoms with Crippen molar-refractivity contribution in [3.8, 4) is 0 Å². The van der Waals surface area contributed by atoms with E-state index in [1.54, 1.807) is 0 Å². The lowest BCUT2D eigenvalue weighted by Crippen LogP contribution is -2.41. The smallest absolute Gasteiger partial charge is 0.00956 e. The molecule has 0 atom stereocenters.